The third-order valence-corrected chi connectivity index (χ3v) is 3.56. The van der Waals surface area contributed by atoms with E-state index in [-0.39, 0.29) is 0 Å². The summed E-state index contributed by atoms with van der Waals surface area (Å²) in [5, 5.41) is 0. The number of nitrogens with zero attached hydrogens (tertiary/aromatic N) is 1. The largest absolute Gasteiger partial charge is 0.496 e. The summed E-state index contributed by atoms with van der Waals surface area (Å²) in [5.74, 6) is 0.842. The van der Waals surface area contributed by atoms with E-state index < -0.39 is 0 Å². The Balaban J connectivity index is 2.81. The molecule has 0 aliphatic heterocycles. The number of hydrogen-bond acceptors (Lipinski definition) is 5. The third kappa shape index (κ3) is 5.63. The third-order valence-electron chi connectivity index (χ3n) is 3.56. The molecule has 0 radical (unpaired) electrons. The summed E-state index contributed by atoms with van der Waals surface area (Å²) in [6.07, 6.45) is 0. The number of rotatable bonds is 10. The zero-order valence-electron chi connectivity index (χ0n) is 13.6. The van der Waals surface area contributed by atoms with Gasteiger partial charge in [-0.25, -0.2) is 0 Å². The molecule has 1 rings (SSSR count). The van der Waals surface area contributed by atoms with Crippen molar-refractivity contribution in [1.82, 2.24) is 4.90 Å². The van der Waals surface area contributed by atoms with Crippen molar-refractivity contribution in [3.8, 4) is 5.75 Å². The number of ether oxygens (including phenoxy) is 3. The highest BCUT2D eigenvalue weighted by Gasteiger charge is 2.14. The second kappa shape index (κ2) is 9.73. The first kappa shape index (κ1) is 17.9. The van der Waals surface area contributed by atoms with E-state index >= 15 is 0 Å². The second-order valence-electron chi connectivity index (χ2n) is 5.12. The molecule has 2 N–H and O–H groups in total. The van der Waals surface area contributed by atoms with Crippen LogP contribution in [0.15, 0.2) is 18.2 Å². The number of nitrogens with two attached hydrogens (primary N) is 1. The molecule has 0 heterocycles. The SMILES string of the molecule is COCCN(Cc1ccc(OC)c(CN)c1)C(C)COC. The predicted molar refractivity (Wildman–Crippen MR) is 84.5 cm³/mol. The first-order chi connectivity index (χ1) is 10.2. The first-order valence-electron chi connectivity index (χ1n) is 7.24. The maximum atomic E-state index is 5.78. The lowest BCUT2D eigenvalue weighted by molar-refractivity contribution is 0.0705. The number of hydrogen-bond donors (Lipinski definition) is 1. The summed E-state index contributed by atoms with van der Waals surface area (Å²) >= 11 is 0. The fourth-order valence-corrected chi connectivity index (χ4v) is 2.33. The highest BCUT2D eigenvalue weighted by Crippen LogP contribution is 2.20. The van der Waals surface area contributed by atoms with Gasteiger partial charge in [0.05, 0.1) is 20.3 Å². The van der Waals surface area contributed by atoms with Crippen LogP contribution in [0, 0.1) is 0 Å². The fourth-order valence-electron chi connectivity index (χ4n) is 2.33. The van der Waals surface area contributed by atoms with Gasteiger partial charge in [0.15, 0.2) is 0 Å². The quantitative estimate of drug-likeness (QED) is 0.711. The molecule has 1 aromatic rings. The van der Waals surface area contributed by atoms with Crippen LogP contribution in [0.1, 0.15) is 18.1 Å². The Morgan fingerprint density at radius 3 is 2.52 bits per heavy atom. The van der Waals surface area contributed by atoms with Crippen molar-refractivity contribution in [3.63, 3.8) is 0 Å². The van der Waals surface area contributed by atoms with Gasteiger partial charge in [0, 0.05) is 45.5 Å². The summed E-state index contributed by atoms with van der Waals surface area (Å²) in [4.78, 5) is 2.34. The van der Waals surface area contributed by atoms with Crippen LogP contribution in [0.3, 0.4) is 0 Å². The average Bonchev–Trinajstić information content (AvgIpc) is 2.51. The van der Waals surface area contributed by atoms with Crippen molar-refractivity contribution in [3.05, 3.63) is 29.3 Å². The van der Waals surface area contributed by atoms with Crippen LogP contribution in [0.25, 0.3) is 0 Å². The molecule has 0 aromatic heterocycles. The van der Waals surface area contributed by atoms with Crippen LogP contribution in [0.5, 0.6) is 5.75 Å². The van der Waals surface area contributed by atoms with Gasteiger partial charge < -0.3 is 19.9 Å². The molecule has 0 bridgehead atoms. The molecule has 21 heavy (non-hydrogen) atoms. The fraction of sp³-hybridized carbons (Fsp3) is 0.625. The van der Waals surface area contributed by atoms with Crippen molar-refractivity contribution < 1.29 is 14.2 Å². The van der Waals surface area contributed by atoms with Crippen LogP contribution in [-0.4, -0.2) is 52.0 Å². The zero-order chi connectivity index (χ0) is 15.7. The van der Waals surface area contributed by atoms with Gasteiger partial charge in [0.2, 0.25) is 0 Å². The maximum Gasteiger partial charge on any atom is 0.123 e. The Hall–Kier alpha value is -1.14. The van der Waals surface area contributed by atoms with E-state index in [1.807, 2.05) is 6.07 Å². The molecule has 0 spiro atoms. The summed E-state index contributed by atoms with van der Waals surface area (Å²) in [5.41, 5.74) is 8.03. The van der Waals surface area contributed by atoms with Gasteiger partial charge in [-0.05, 0) is 24.6 Å². The van der Waals surface area contributed by atoms with Gasteiger partial charge in [-0.3, -0.25) is 4.90 Å². The molecule has 1 aromatic carbocycles. The number of benzene rings is 1. The molecule has 5 nitrogen and oxygen atoms in total. The maximum absolute atomic E-state index is 5.78. The minimum Gasteiger partial charge on any atom is -0.496 e. The molecular weight excluding hydrogens is 268 g/mol. The van der Waals surface area contributed by atoms with Crippen LogP contribution in [0.2, 0.25) is 0 Å². The lowest BCUT2D eigenvalue weighted by Crippen LogP contribution is -2.38. The summed E-state index contributed by atoms with van der Waals surface area (Å²) in [6.45, 7) is 5.74. The van der Waals surface area contributed by atoms with Crippen LogP contribution in [-0.2, 0) is 22.6 Å². The second-order valence-corrected chi connectivity index (χ2v) is 5.12. The van der Waals surface area contributed by atoms with Gasteiger partial charge in [-0.15, -0.1) is 0 Å². The monoisotopic (exact) mass is 296 g/mol. The number of methoxy groups -OCH3 is 3. The topological polar surface area (TPSA) is 57.0 Å². The highest BCUT2D eigenvalue weighted by molar-refractivity contribution is 5.37. The lowest BCUT2D eigenvalue weighted by atomic mass is 10.1. The van der Waals surface area contributed by atoms with E-state index in [2.05, 4.69) is 24.0 Å². The molecule has 0 fully saturated rings. The normalized spacial score (nSPS) is 12.7. The molecule has 5 heteroatoms. The summed E-state index contributed by atoms with van der Waals surface area (Å²) in [7, 11) is 5.11. The van der Waals surface area contributed by atoms with Crippen molar-refractivity contribution in [2.75, 3.05) is 41.1 Å². The standard InChI is InChI=1S/C16H28N2O3/c1-13(12-20-3)18(7-8-19-2)11-14-5-6-16(21-4)15(9-14)10-17/h5-6,9,13H,7-8,10-12,17H2,1-4H3. The van der Waals surface area contributed by atoms with Gasteiger partial charge in [-0.1, -0.05) is 6.07 Å². The van der Waals surface area contributed by atoms with Gasteiger partial charge in [0.25, 0.3) is 0 Å². The van der Waals surface area contributed by atoms with E-state index in [0.29, 0.717) is 25.8 Å². The smallest absolute Gasteiger partial charge is 0.123 e. The van der Waals surface area contributed by atoms with Crippen LogP contribution in [0.4, 0.5) is 0 Å². The highest BCUT2D eigenvalue weighted by atomic mass is 16.5. The van der Waals surface area contributed by atoms with Gasteiger partial charge >= 0.3 is 0 Å². The van der Waals surface area contributed by atoms with Gasteiger partial charge in [-0.2, -0.15) is 0 Å². The van der Waals surface area contributed by atoms with E-state index in [9.17, 15) is 0 Å². The minimum absolute atomic E-state index is 0.327. The molecule has 0 aliphatic carbocycles. The Morgan fingerprint density at radius 1 is 1.19 bits per heavy atom. The Bertz CT molecular complexity index is 413. The van der Waals surface area contributed by atoms with Crippen molar-refractivity contribution in [1.29, 1.82) is 0 Å². The minimum atomic E-state index is 0.327. The lowest BCUT2D eigenvalue weighted by Gasteiger charge is -2.28. The summed E-state index contributed by atoms with van der Waals surface area (Å²) < 4.78 is 15.8. The predicted octanol–water partition coefficient (Wildman–Crippen LogP) is 1.64. The van der Waals surface area contributed by atoms with E-state index in [1.165, 1.54) is 5.56 Å². The van der Waals surface area contributed by atoms with Crippen LogP contribution < -0.4 is 10.5 Å². The zero-order valence-corrected chi connectivity index (χ0v) is 13.6. The van der Waals surface area contributed by atoms with Gasteiger partial charge in [0.1, 0.15) is 5.75 Å². The molecule has 0 saturated carbocycles. The molecule has 1 atom stereocenters. The van der Waals surface area contributed by atoms with Crippen molar-refractivity contribution >= 4 is 0 Å². The van der Waals surface area contributed by atoms with E-state index in [4.69, 9.17) is 19.9 Å². The molecule has 0 saturated heterocycles. The Morgan fingerprint density at radius 2 is 1.95 bits per heavy atom. The molecule has 0 aliphatic rings. The molecule has 0 amide bonds. The Labute approximate surface area is 128 Å². The average molecular weight is 296 g/mol. The van der Waals surface area contributed by atoms with Crippen molar-refractivity contribution in [2.24, 2.45) is 5.73 Å². The van der Waals surface area contributed by atoms with Crippen LogP contribution >= 0.6 is 0 Å². The Kier molecular flexibility index (Phi) is 8.30. The summed E-state index contributed by atoms with van der Waals surface area (Å²) in [6, 6.07) is 6.50. The van der Waals surface area contributed by atoms with E-state index in [0.717, 1.165) is 24.4 Å². The van der Waals surface area contributed by atoms with Crippen molar-refractivity contribution in [2.45, 2.75) is 26.1 Å². The molecular formula is C16H28N2O3. The molecule has 120 valence electrons. The molecule has 1 unspecified atom stereocenters. The first-order valence-corrected chi connectivity index (χ1v) is 7.24. The van der Waals surface area contributed by atoms with E-state index in [1.54, 1.807) is 21.3 Å².